The molecule has 0 spiro atoms. The van der Waals surface area contributed by atoms with Gasteiger partial charge in [0.1, 0.15) is 0 Å². The highest BCUT2D eigenvalue weighted by Gasteiger charge is 2.18. The molecule has 5 nitrogen and oxygen atoms in total. The van der Waals surface area contributed by atoms with Crippen LogP contribution in [-0.2, 0) is 4.79 Å². The van der Waals surface area contributed by atoms with Crippen LogP contribution in [0.5, 0.6) is 0 Å². The molecule has 0 aromatic carbocycles. The van der Waals surface area contributed by atoms with Gasteiger partial charge in [-0.1, -0.05) is 24.3 Å². The Labute approximate surface area is 180 Å². The highest BCUT2D eigenvalue weighted by Crippen LogP contribution is 2.29. The molecule has 30 heavy (non-hydrogen) atoms. The zero-order valence-corrected chi connectivity index (χ0v) is 18.5. The van der Waals surface area contributed by atoms with Gasteiger partial charge in [-0.2, -0.15) is 0 Å². The van der Waals surface area contributed by atoms with Crippen molar-refractivity contribution in [1.29, 1.82) is 0 Å². The normalized spacial score (nSPS) is 17.9. The maximum atomic E-state index is 12.2. The molecule has 0 radical (unpaired) electrons. The number of likely N-dealkylation sites (tertiary alicyclic amines) is 1. The molecule has 1 aliphatic heterocycles. The predicted octanol–water partition coefficient (Wildman–Crippen LogP) is 5.15. The second-order valence-electron chi connectivity index (χ2n) is 8.10. The third-order valence-electron chi connectivity index (χ3n) is 5.36. The molecule has 3 rings (SSSR count). The van der Waals surface area contributed by atoms with Gasteiger partial charge in [0.25, 0.3) is 0 Å². The van der Waals surface area contributed by atoms with E-state index in [4.69, 9.17) is 0 Å². The van der Waals surface area contributed by atoms with Crippen molar-refractivity contribution >= 4 is 12.4 Å². The number of rotatable bonds is 8. The van der Waals surface area contributed by atoms with Crippen LogP contribution in [0.1, 0.15) is 50.3 Å². The summed E-state index contributed by atoms with van der Waals surface area (Å²) >= 11 is 0. The van der Waals surface area contributed by atoms with Crippen molar-refractivity contribution in [1.82, 2.24) is 14.9 Å². The summed E-state index contributed by atoms with van der Waals surface area (Å²) in [4.78, 5) is 21.1. The summed E-state index contributed by atoms with van der Waals surface area (Å²) in [5, 5.41) is 3.29. The van der Waals surface area contributed by atoms with E-state index < -0.39 is 0 Å². The number of piperidine rings is 1. The van der Waals surface area contributed by atoms with Gasteiger partial charge in [-0.15, -0.1) is 0 Å². The molecule has 1 N–H and O–H groups in total. The average molecular weight is 415 g/mol. The predicted molar refractivity (Wildman–Crippen MR) is 121 cm³/mol. The molecule has 1 aliphatic carbocycles. The monoisotopic (exact) mass is 414 g/mol. The lowest BCUT2D eigenvalue weighted by Crippen LogP contribution is -2.34. The quantitative estimate of drug-likeness (QED) is 0.472. The summed E-state index contributed by atoms with van der Waals surface area (Å²) in [6.07, 6.45) is 18.0. The number of amides is 1. The van der Waals surface area contributed by atoms with Crippen LogP contribution in [0.15, 0.2) is 42.4 Å². The van der Waals surface area contributed by atoms with E-state index in [1.165, 1.54) is 19.8 Å². The van der Waals surface area contributed by atoms with Crippen molar-refractivity contribution in [2.75, 3.05) is 25.0 Å². The van der Waals surface area contributed by atoms with E-state index in [1.54, 1.807) is 6.08 Å². The molecular formula is C24H35FN4O. The first-order chi connectivity index (χ1) is 14.5. The summed E-state index contributed by atoms with van der Waals surface area (Å²) in [5.74, 6) is 2.03. The van der Waals surface area contributed by atoms with Crippen LogP contribution in [0.25, 0.3) is 0 Å². The van der Waals surface area contributed by atoms with Crippen molar-refractivity contribution in [2.45, 2.75) is 52.9 Å². The van der Waals surface area contributed by atoms with Gasteiger partial charge in [0.2, 0.25) is 12.4 Å². The third-order valence-corrected chi connectivity index (χ3v) is 5.36. The number of halogens is 1. The van der Waals surface area contributed by atoms with Crippen LogP contribution in [0, 0.1) is 25.7 Å². The molecule has 1 amide bonds. The van der Waals surface area contributed by atoms with Crippen molar-refractivity contribution < 1.29 is 9.18 Å². The maximum Gasteiger partial charge on any atom is 0.222 e. The number of hydrogen-bond donors (Lipinski definition) is 1. The van der Waals surface area contributed by atoms with E-state index in [0.717, 1.165) is 56.1 Å². The second-order valence-corrected chi connectivity index (χ2v) is 8.10. The average Bonchev–Trinajstić information content (AvgIpc) is 3.56. The highest BCUT2D eigenvalue weighted by molar-refractivity contribution is 5.47. The second kappa shape index (κ2) is 12.9. The number of allylic oxidation sites excluding steroid dienone is 6. The Morgan fingerprint density at radius 2 is 1.97 bits per heavy atom. The number of nitrogens with one attached hydrogen (secondary N) is 1. The lowest BCUT2D eigenvalue weighted by atomic mass is 9.97. The number of anilines is 1. The lowest BCUT2D eigenvalue weighted by Gasteiger charge is -2.29. The number of nitrogens with zero attached hydrogens (tertiary/aromatic N) is 3. The van der Waals surface area contributed by atoms with Crippen molar-refractivity contribution in [3.63, 3.8) is 0 Å². The van der Waals surface area contributed by atoms with Gasteiger partial charge in [0.15, 0.2) is 0 Å². The molecule has 2 aliphatic rings. The Morgan fingerprint density at radius 3 is 2.57 bits per heavy atom. The topological polar surface area (TPSA) is 58.1 Å². The zero-order valence-electron chi connectivity index (χ0n) is 18.5. The third kappa shape index (κ3) is 9.81. The molecule has 0 atom stereocenters. The minimum Gasteiger partial charge on any atom is -0.354 e. The fourth-order valence-electron chi connectivity index (χ4n) is 3.01. The Morgan fingerprint density at radius 1 is 1.23 bits per heavy atom. The summed E-state index contributed by atoms with van der Waals surface area (Å²) < 4.78 is 12.2. The Kier molecular flexibility index (Phi) is 10.3. The Balaban J connectivity index is 0.000000232. The molecule has 1 aromatic heterocycles. The summed E-state index contributed by atoms with van der Waals surface area (Å²) in [5.41, 5.74) is 2.13. The van der Waals surface area contributed by atoms with Gasteiger partial charge < -0.3 is 10.2 Å². The summed E-state index contributed by atoms with van der Waals surface area (Å²) in [6, 6.07) is 0. The van der Waals surface area contributed by atoms with Gasteiger partial charge in [-0.3, -0.25) is 4.79 Å². The number of hydrogen-bond acceptors (Lipinski definition) is 4. The SMILES string of the molecule is C/C(F)=C\C/C=C\C=C\C1CC1.Cc1cnc(NCC2CCN(C=O)CC2)nc1C. The van der Waals surface area contributed by atoms with Gasteiger partial charge in [0, 0.05) is 31.5 Å². The van der Waals surface area contributed by atoms with Crippen LogP contribution >= 0.6 is 0 Å². The molecule has 1 saturated heterocycles. The molecule has 164 valence electrons. The van der Waals surface area contributed by atoms with Gasteiger partial charge in [-0.25, -0.2) is 14.4 Å². The number of aromatic nitrogens is 2. The first kappa shape index (κ1) is 23.8. The maximum absolute atomic E-state index is 12.2. The zero-order chi connectivity index (χ0) is 21.8. The van der Waals surface area contributed by atoms with Gasteiger partial charge >= 0.3 is 0 Å². The molecule has 2 heterocycles. The van der Waals surface area contributed by atoms with E-state index in [1.807, 2.05) is 37.1 Å². The van der Waals surface area contributed by atoms with E-state index in [-0.39, 0.29) is 5.83 Å². The van der Waals surface area contributed by atoms with Crippen LogP contribution in [0.4, 0.5) is 10.3 Å². The molecule has 6 heteroatoms. The van der Waals surface area contributed by atoms with Gasteiger partial charge in [-0.05, 0) is 76.4 Å². The molecule has 0 unspecified atom stereocenters. The van der Waals surface area contributed by atoms with E-state index in [9.17, 15) is 9.18 Å². The first-order valence-corrected chi connectivity index (χ1v) is 10.9. The van der Waals surface area contributed by atoms with Crippen molar-refractivity contribution in [2.24, 2.45) is 11.8 Å². The molecule has 1 aromatic rings. The van der Waals surface area contributed by atoms with Crippen LogP contribution in [-0.4, -0.2) is 40.9 Å². The van der Waals surface area contributed by atoms with E-state index >= 15 is 0 Å². The molecule has 1 saturated carbocycles. The fourth-order valence-corrected chi connectivity index (χ4v) is 3.01. The van der Waals surface area contributed by atoms with E-state index in [0.29, 0.717) is 18.3 Å². The lowest BCUT2D eigenvalue weighted by molar-refractivity contribution is -0.119. The van der Waals surface area contributed by atoms with Crippen LogP contribution in [0.3, 0.4) is 0 Å². The van der Waals surface area contributed by atoms with Crippen LogP contribution < -0.4 is 5.32 Å². The molecule has 0 bridgehead atoms. The fraction of sp³-hybridized carbons (Fsp3) is 0.542. The smallest absolute Gasteiger partial charge is 0.222 e. The minimum atomic E-state index is -0.106. The summed E-state index contributed by atoms with van der Waals surface area (Å²) in [6.45, 7) is 8.08. The first-order valence-electron chi connectivity index (χ1n) is 10.9. The minimum absolute atomic E-state index is 0.106. The summed E-state index contributed by atoms with van der Waals surface area (Å²) in [7, 11) is 0. The molecule has 2 fully saturated rings. The van der Waals surface area contributed by atoms with Crippen molar-refractivity contribution in [3.8, 4) is 0 Å². The number of carbonyl (C=O) groups is 1. The Bertz CT molecular complexity index is 744. The largest absolute Gasteiger partial charge is 0.354 e. The van der Waals surface area contributed by atoms with E-state index in [2.05, 4.69) is 27.4 Å². The molecular weight excluding hydrogens is 379 g/mol. The highest BCUT2D eigenvalue weighted by atomic mass is 19.1. The van der Waals surface area contributed by atoms with Crippen molar-refractivity contribution in [3.05, 3.63) is 53.7 Å². The number of carbonyl (C=O) groups excluding carboxylic acids is 1. The van der Waals surface area contributed by atoms with Gasteiger partial charge in [0.05, 0.1) is 5.83 Å². The Hall–Kier alpha value is -2.50. The number of aryl methyl sites for hydroxylation is 2. The van der Waals surface area contributed by atoms with Crippen LogP contribution in [0.2, 0.25) is 0 Å². The standard InChI is InChI=1S/C13H20N4O.C11H15F/c1-10-7-14-13(16-11(10)2)15-8-12-3-5-17(9-18)6-4-12;1-10(12)6-4-2-3-5-7-11-8-9-11/h7,9,12H,3-6,8H2,1-2H3,(H,14,15,16);2-3,5-7,11H,4,8-9H2,1H3/b;3-2-,7-5+,10-6+.